The summed E-state index contributed by atoms with van der Waals surface area (Å²) in [4.78, 5) is 23.1. The molecule has 314 valence electrons. The normalized spacial score (nSPS) is 15.0. The molecule has 0 aromatic carbocycles. The number of hydrogen-bond donors (Lipinski definition) is 3. The van der Waals surface area contributed by atoms with Crippen molar-refractivity contribution in [2.75, 3.05) is 40.9 Å². The summed E-state index contributed by atoms with van der Waals surface area (Å²) < 4.78 is 23.5. The average Bonchev–Trinajstić information content (AvgIpc) is 3.12. The molecular formula is C45H84N2O6P+. The van der Waals surface area contributed by atoms with Crippen LogP contribution in [-0.2, 0) is 18.4 Å². The Labute approximate surface area is 332 Å². The van der Waals surface area contributed by atoms with Gasteiger partial charge in [0.2, 0.25) is 5.91 Å². The number of unbranched alkanes of at least 4 members (excludes halogenated alkanes) is 18. The summed E-state index contributed by atoms with van der Waals surface area (Å²) >= 11 is 0. The minimum atomic E-state index is -4.35. The number of carbonyl (C=O) groups excluding carboxylic acids is 1. The van der Waals surface area contributed by atoms with E-state index < -0.39 is 20.0 Å². The van der Waals surface area contributed by atoms with E-state index in [0.29, 0.717) is 17.4 Å². The Hall–Kier alpha value is -1.80. The lowest BCUT2D eigenvalue weighted by molar-refractivity contribution is -0.870. The average molecular weight is 780 g/mol. The van der Waals surface area contributed by atoms with E-state index in [2.05, 4.69) is 67.8 Å². The van der Waals surface area contributed by atoms with Crippen LogP contribution in [0.5, 0.6) is 0 Å². The molecular weight excluding hydrogens is 695 g/mol. The molecule has 3 N–H and O–H groups in total. The number of phosphoric acid groups is 1. The van der Waals surface area contributed by atoms with E-state index in [0.717, 1.165) is 51.4 Å². The van der Waals surface area contributed by atoms with Crippen LogP contribution < -0.4 is 5.32 Å². The Balaban J connectivity index is 4.47. The van der Waals surface area contributed by atoms with Gasteiger partial charge in [0.15, 0.2) is 0 Å². The van der Waals surface area contributed by atoms with Gasteiger partial charge in [0.25, 0.3) is 0 Å². The molecule has 0 aromatic rings. The van der Waals surface area contributed by atoms with Crippen LogP contribution in [0.25, 0.3) is 0 Å². The number of nitrogens with zero attached hydrogens (tertiary/aromatic N) is 1. The molecule has 0 radical (unpaired) electrons. The van der Waals surface area contributed by atoms with Gasteiger partial charge < -0.3 is 19.8 Å². The van der Waals surface area contributed by atoms with Crippen molar-refractivity contribution in [2.45, 2.75) is 180 Å². The number of phosphoric ester groups is 1. The van der Waals surface area contributed by atoms with Crippen molar-refractivity contribution in [3.8, 4) is 0 Å². The zero-order valence-electron chi connectivity index (χ0n) is 35.4. The molecule has 0 heterocycles. The molecule has 3 atom stereocenters. The van der Waals surface area contributed by atoms with E-state index in [-0.39, 0.29) is 19.1 Å². The molecule has 0 rings (SSSR count). The summed E-state index contributed by atoms with van der Waals surface area (Å²) in [5.74, 6) is -0.199. The van der Waals surface area contributed by atoms with E-state index in [1.165, 1.54) is 96.3 Å². The highest BCUT2D eigenvalue weighted by Gasteiger charge is 2.27. The first-order chi connectivity index (χ1) is 26.0. The third kappa shape index (κ3) is 38.5. The smallest absolute Gasteiger partial charge is 0.387 e. The molecule has 0 aliphatic heterocycles. The van der Waals surface area contributed by atoms with Gasteiger partial charge in [-0.3, -0.25) is 13.8 Å². The minimum Gasteiger partial charge on any atom is -0.387 e. The number of rotatable bonds is 38. The van der Waals surface area contributed by atoms with Gasteiger partial charge in [0.05, 0.1) is 39.9 Å². The molecule has 0 bridgehead atoms. The summed E-state index contributed by atoms with van der Waals surface area (Å²) in [5.41, 5.74) is 0. The molecule has 0 aromatic heterocycles. The van der Waals surface area contributed by atoms with Gasteiger partial charge in [0.1, 0.15) is 13.2 Å². The van der Waals surface area contributed by atoms with Crippen molar-refractivity contribution in [1.29, 1.82) is 0 Å². The van der Waals surface area contributed by atoms with Crippen LogP contribution >= 0.6 is 7.82 Å². The zero-order valence-corrected chi connectivity index (χ0v) is 36.3. The molecule has 0 aliphatic carbocycles. The zero-order chi connectivity index (χ0) is 40.0. The molecule has 0 saturated carbocycles. The maximum atomic E-state index is 12.8. The highest BCUT2D eigenvalue weighted by Crippen LogP contribution is 2.43. The number of likely N-dealkylation sites (N-methyl/N-ethyl adjacent to an activating group) is 1. The Morgan fingerprint density at radius 1 is 0.630 bits per heavy atom. The first-order valence-electron chi connectivity index (χ1n) is 21.7. The molecule has 9 heteroatoms. The predicted molar refractivity (Wildman–Crippen MR) is 230 cm³/mol. The third-order valence-corrected chi connectivity index (χ3v) is 10.2. The molecule has 54 heavy (non-hydrogen) atoms. The number of nitrogens with one attached hydrogen (secondary N) is 1. The molecule has 0 aliphatic rings. The SMILES string of the molecule is CCCCC/C=C\C=C/CCCCCCCCCCCCC(=O)NC(COP(=O)(O)OCC[N+](C)(C)C)C(O)/C=C/CC/C=C/CC/C=C/CCCCC. The number of amides is 1. The summed E-state index contributed by atoms with van der Waals surface area (Å²) in [6.45, 7) is 4.70. The lowest BCUT2D eigenvalue weighted by atomic mass is 10.0. The monoisotopic (exact) mass is 780 g/mol. The molecule has 1 amide bonds. The van der Waals surface area contributed by atoms with E-state index >= 15 is 0 Å². The standard InChI is InChI=1S/C45H83N2O6P/c1-6-8-10-12-14-16-18-20-21-22-23-24-25-27-29-31-33-35-37-39-45(49)46-43(42-53-54(50,51)52-41-40-47(3,4)5)44(48)38-36-34-32-30-28-26-19-17-15-13-11-9-7-2/h14-18,20,28,30,36,38,43-44,48H,6-13,19,21-27,29,31-35,37,39-42H2,1-5H3,(H-,46,49,50,51)/p+1/b16-14-,17-15+,20-18-,30-28+,38-36+. The quantitative estimate of drug-likeness (QED) is 0.0189. The Bertz CT molecular complexity index is 1060. The van der Waals surface area contributed by atoms with E-state index in [1.807, 2.05) is 27.2 Å². The van der Waals surface area contributed by atoms with Crippen LogP contribution in [0.1, 0.15) is 168 Å². The highest BCUT2D eigenvalue weighted by molar-refractivity contribution is 7.47. The summed E-state index contributed by atoms with van der Waals surface area (Å²) in [6.07, 6.45) is 47.1. The van der Waals surface area contributed by atoms with Crippen LogP contribution in [0.2, 0.25) is 0 Å². The number of aliphatic hydroxyl groups is 1. The second kappa shape index (κ2) is 36.8. The van der Waals surface area contributed by atoms with Gasteiger partial charge in [-0.2, -0.15) is 0 Å². The van der Waals surface area contributed by atoms with Gasteiger partial charge in [-0.25, -0.2) is 4.57 Å². The van der Waals surface area contributed by atoms with Crippen molar-refractivity contribution in [2.24, 2.45) is 0 Å². The van der Waals surface area contributed by atoms with Crippen molar-refractivity contribution in [3.63, 3.8) is 0 Å². The van der Waals surface area contributed by atoms with Crippen molar-refractivity contribution < 1.29 is 32.9 Å². The summed E-state index contributed by atoms with van der Waals surface area (Å²) in [7, 11) is 1.53. The summed E-state index contributed by atoms with van der Waals surface area (Å²) in [5, 5.41) is 13.8. The van der Waals surface area contributed by atoms with E-state index in [1.54, 1.807) is 6.08 Å². The van der Waals surface area contributed by atoms with Crippen molar-refractivity contribution in [1.82, 2.24) is 5.32 Å². The Kier molecular flexibility index (Phi) is 35.6. The lowest BCUT2D eigenvalue weighted by Gasteiger charge is -2.25. The second-order valence-electron chi connectivity index (χ2n) is 15.7. The first-order valence-corrected chi connectivity index (χ1v) is 23.2. The molecule has 8 nitrogen and oxygen atoms in total. The second-order valence-corrected chi connectivity index (χ2v) is 17.2. The van der Waals surface area contributed by atoms with Crippen LogP contribution in [0.15, 0.2) is 60.8 Å². The van der Waals surface area contributed by atoms with Crippen LogP contribution in [-0.4, -0.2) is 73.4 Å². The molecule has 0 fully saturated rings. The maximum Gasteiger partial charge on any atom is 0.472 e. The predicted octanol–water partition coefficient (Wildman–Crippen LogP) is 11.9. The largest absolute Gasteiger partial charge is 0.472 e. The minimum absolute atomic E-state index is 0.0505. The maximum absolute atomic E-state index is 12.8. The van der Waals surface area contributed by atoms with Crippen molar-refractivity contribution in [3.05, 3.63) is 60.8 Å². The Morgan fingerprint density at radius 2 is 1.07 bits per heavy atom. The molecule has 0 saturated heterocycles. The van der Waals surface area contributed by atoms with Crippen LogP contribution in [0.3, 0.4) is 0 Å². The number of hydrogen-bond acceptors (Lipinski definition) is 5. The topological polar surface area (TPSA) is 105 Å². The van der Waals surface area contributed by atoms with Gasteiger partial charge >= 0.3 is 7.82 Å². The molecule has 3 unspecified atom stereocenters. The number of aliphatic hydroxyl groups excluding tert-OH is 1. The van der Waals surface area contributed by atoms with Crippen LogP contribution in [0.4, 0.5) is 0 Å². The molecule has 0 spiro atoms. The fourth-order valence-corrected chi connectivity index (χ4v) is 6.44. The van der Waals surface area contributed by atoms with Gasteiger partial charge in [0, 0.05) is 6.42 Å². The highest BCUT2D eigenvalue weighted by atomic mass is 31.2. The van der Waals surface area contributed by atoms with Gasteiger partial charge in [-0.1, -0.05) is 152 Å². The fraction of sp³-hybridized carbons (Fsp3) is 0.756. The third-order valence-electron chi connectivity index (χ3n) is 9.22. The Morgan fingerprint density at radius 3 is 1.59 bits per heavy atom. The fourth-order valence-electron chi connectivity index (χ4n) is 5.71. The number of allylic oxidation sites excluding steroid dienone is 9. The van der Waals surface area contributed by atoms with E-state index in [4.69, 9.17) is 9.05 Å². The number of quaternary nitrogens is 1. The van der Waals surface area contributed by atoms with Crippen molar-refractivity contribution >= 4 is 13.7 Å². The summed E-state index contributed by atoms with van der Waals surface area (Å²) in [6, 6.07) is -0.871. The van der Waals surface area contributed by atoms with Gasteiger partial charge in [-0.05, 0) is 70.6 Å². The van der Waals surface area contributed by atoms with Crippen LogP contribution in [0, 0.1) is 0 Å². The lowest BCUT2D eigenvalue weighted by Crippen LogP contribution is -2.45. The first kappa shape index (κ1) is 52.2. The number of carbonyl (C=O) groups is 1. The van der Waals surface area contributed by atoms with Gasteiger partial charge in [-0.15, -0.1) is 0 Å². The van der Waals surface area contributed by atoms with E-state index in [9.17, 15) is 19.4 Å².